The average Bonchev–Trinajstić information content (AvgIpc) is 1.82. The van der Waals surface area contributed by atoms with Gasteiger partial charge in [-0.15, -0.1) is 0 Å². The van der Waals surface area contributed by atoms with E-state index in [1.54, 1.807) is 13.0 Å². The van der Waals surface area contributed by atoms with E-state index in [0.29, 0.717) is 5.57 Å². The Morgan fingerprint density at radius 1 is 1.36 bits per heavy atom. The molecule has 0 atom stereocenters. The van der Waals surface area contributed by atoms with Crippen molar-refractivity contribution in [2.75, 3.05) is 0 Å². The first-order chi connectivity index (χ1) is 4.87. The van der Waals surface area contributed by atoms with Gasteiger partial charge in [0.2, 0.25) is 8.32 Å². The maximum Gasteiger partial charge on any atom is 0.320 e. The molecule has 0 heterocycles. The molecule has 0 aliphatic carbocycles. The van der Waals surface area contributed by atoms with Gasteiger partial charge < -0.3 is 4.43 Å². The molecule has 0 saturated carbocycles. The first-order valence-electron chi connectivity index (χ1n) is 3.73. The smallest absolute Gasteiger partial charge is 0.320 e. The van der Waals surface area contributed by atoms with Gasteiger partial charge >= 0.3 is 5.97 Å². The van der Waals surface area contributed by atoms with E-state index in [9.17, 15) is 4.79 Å². The largest absolute Gasteiger partial charge is 0.517 e. The van der Waals surface area contributed by atoms with Crippen LogP contribution >= 0.6 is 0 Å². The van der Waals surface area contributed by atoms with E-state index in [2.05, 4.69) is 0 Å². The Hall–Kier alpha value is -0.573. The van der Waals surface area contributed by atoms with Crippen molar-refractivity contribution in [3.05, 3.63) is 11.6 Å². The van der Waals surface area contributed by atoms with Gasteiger partial charge in [0.25, 0.3) is 0 Å². The predicted molar refractivity (Wildman–Crippen MR) is 48.9 cm³/mol. The summed E-state index contributed by atoms with van der Waals surface area (Å²) in [6.07, 6.45) is 1.77. The third kappa shape index (κ3) is 4.78. The van der Waals surface area contributed by atoms with Crippen LogP contribution in [0.3, 0.4) is 0 Å². The van der Waals surface area contributed by atoms with E-state index in [4.69, 9.17) is 4.43 Å². The highest BCUT2D eigenvalue weighted by Crippen LogP contribution is 2.06. The average molecular weight is 172 g/mol. The Morgan fingerprint density at radius 2 is 1.82 bits per heavy atom. The number of hydrogen-bond donors (Lipinski definition) is 0. The number of carbonyl (C=O) groups excluding carboxylic acids is 1. The van der Waals surface area contributed by atoms with Crippen LogP contribution in [-0.4, -0.2) is 14.3 Å². The van der Waals surface area contributed by atoms with Crippen molar-refractivity contribution >= 4 is 14.3 Å². The SMILES string of the molecule is C/C=C(\C)C(=O)O[Si](C)(C)C. The van der Waals surface area contributed by atoms with Crippen molar-refractivity contribution in [3.63, 3.8) is 0 Å². The van der Waals surface area contributed by atoms with Crippen LogP contribution in [0.25, 0.3) is 0 Å². The summed E-state index contributed by atoms with van der Waals surface area (Å²) in [4.78, 5) is 11.1. The van der Waals surface area contributed by atoms with Crippen LogP contribution in [0.5, 0.6) is 0 Å². The number of rotatable bonds is 2. The minimum Gasteiger partial charge on any atom is -0.517 e. The van der Waals surface area contributed by atoms with Crippen LogP contribution in [0.15, 0.2) is 11.6 Å². The van der Waals surface area contributed by atoms with Crippen molar-refractivity contribution in [2.24, 2.45) is 0 Å². The Kier molecular flexibility index (Phi) is 3.52. The van der Waals surface area contributed by atoms with Gasteiger partial charge in [0.1, 0.15) is 0 Å². The fourth-order valence-corrected chi connectivity index (χ4v) is 1.19. The summed E-state index contributed by atoms with van der Waals surface area (Å²) < 4.78 is 5.22. The van der Waals surface area contributed by atoms with Gasteiger partial charge in [-0.25, -0.2) is 4.79 Å². The topological polar surface area (TPSA) is 26.3 Å². The van der Waals surface area contributed by atoms with Crippen LogP contribution in [-0.2, 0) is 9.22 Å². The minimum atomic E-state index is -1.69. The second-order valence-corrected chi connectivity index (χ2v) is 7.90. The molecule has 3 heteroatoms. The monoisotopic (exact) mass is 172 g/mol. The quantitative estimate of drug-likeness (QED) is 0.472. The lowest BCUT2D eigenvalue weighted by molar-refractivity contribution is -0.130. The zero-order valence-corrected chi connectivity index (χ0v) is 8.89. The molecule has 0 N–H and O–H groups in total. The molecule has 0 bridgehead atoms. The predicted octanol–water partition coefficient (Wildman–Crippen LogP) is 2.33. The van der Waals surface area contributed by atoms with Gasteiger partial charge in [-0.1, -0.05) is 6.08 Å². The molecule has 0 radical (unpaired) electrons. The fourth-order valence-electron chi connectivity index (χ4n) is 0.476. The zero-order valence-electron chi connectivity index (χ0n) is 7.89. The Morgan fingerprint density at radius 3 is 2.09 bits per heavy atom. The van der Waals surface area contributed by atoms with Crippen molar-refractivity contribution in [1.82, 2.24) is 0 Å². The molecule has 0 amide bonds. The highest BCUT2D eigenvalue weighted by Gasteiger charge is 2.20. The molecule has 0 aromatic carbocycles. The minimum absolute atomic E-state index is 0.174. The van der Waals surface area contributed by atoms with Crippen LogP contribution in [0.2, 0.25) is 19.6 Å². The molecule has 11 heavy (non-hydrogen) atoms. The lowest BCUT2D eigenvalue weighted by atomic mass is 10.3. The molecule has 0 aromatic rings. The molecule has 64 valence electrons. The third-order valence-corrected chi connectivity index (χ3v) is 1.95. The molecule has 0 aliphatic rings. The summed E-state index contributed by atoms with van der Waals surface area (Å²) in [5, 5.41) is 0. The van der Waals surface area contributed by atoms with Gasteiger partial charge in [0, 0.05) is 5.57 Å². The Bertz CT molecular complexity index is 177. The van der Waals surface area contributed by atoms with Gasteiger partial charge in [-0.2, -0.15) is 0 Å². The molecule has 0 fully saturated rings. The zero-order chi connectivity index (χ0) is 9.07. The molecule has 0 aliphatic heterocycles. The third-order valence-electron chi connectivity index (χ3n) is 1.15. The van der Waals surface area contributed by atoms with Gasteiger partial charge in [-0.3, -0.25) is 0 Å². The van der Waals surface area contributed by atoms with Crippen molar-refractivity contribution in [2.45, 2.75) is 33.5 Å². The fraction of sp³-hybridized carbons (Fsp3) is 0.625. The van der Waals surface area contributed by atoms with Crippen LogP contribution in [0.1, 0.15) is 13.8 Å². The highest BCUT2D eigenvalue weighted by molar-refractivity contribution is 6.71. The lowest BCUT2D eigenvalue weighted by Crippen LogP contribution is -2.29. The van der Waals surface area contributed by atoms with E-state index in [1.165, 1.54) is 0 Å². The van der Waals surface area contributed by atoms with Gasteiger partial charge in [0.15, 0.2) is 0 Å². The molecule has 0 spiro atoms. The summed E-state index contributed by atoms with van der Waals surface area (Å²) in [6.45, 7) is 9.58. The van der Waals surface area contributed by atoms with E-state index in [-0.39, 0.29) is 5.97 Å². The van der Waals surface area contributed by atoms with Gasteiger partial charge in [0.05, 0.1) is 0 Å². The molecule has 0 aromatic heterocycles. The van der Waals surface area contributed by atoms with Crippen molar-refractivity contribution in [3.8, 4) is 0 Å². The normalized spacial score (nSPS) is 13.0. The van der Waals surface area contributed by atoms with E-state index < -0.39 is 8.32 Å². The van der Waals surface area contributed by atoms with Crippen molar-refractivity contribution < 1.29 is 9.22 Å². The second kappa shape index (κ2) is 3.71. The van der Waals surface area contributed by atoms with Crippen LogP contribution in [0.4, 0.5) is 0 Å². The number of carbonyl (C=O) groups is 1. The second-order valence-electron chi connectivity index (χ2n) is 3.47. The molecule has 0 rings (SSSR count). The summed E-state index contributed by atoms with van der Waals surface area (Å²) in [6, 6.07) is 0. The van der Waals surface area contributed by atoms with Gasteiger partial charge in [-0.05, 0) is 33.5 Å². The van der Waals surface area contributed by atoms with Crippen LogP contribution < -0.4 is 0 Å². The van der Waals surface area contributed by atoms with Crippen molar-refractivity contribution in [1.29, 1.82) is 0 Å². The molecule has 0 unspecified atom stereocenters. The molecular formula is C8H16O2Si. The Balaban J connectivity index is 4.10. The first-order valence-corrected chi connectivity index (χ1v) is 7.14. The lowest BCUT2D eigenvalue weighted by Gasteiger charge is -2.17. The molecule has 0 saturated heterocycles. The first kappa shape index (κ1) is 10.4. The standard InChI is InChI=1S/C8H16O2Si/c1-6-7(2)8(9)10-11(3,4)5/h6H,1-5H3/b7-6+. The summed E-state index contributed by atoms with van der Waals surface area (Å²) >= 11 is 0. The summed E-state index contributed by atoms with van der Waals surface area (Å²) in [5.74, 6) is -0.174. The number of allylic oxidation sites excluding steroid dienone is 1. The molecule has 2 nitrogen and oxygen atoms in total. The highest BCUT2D eigenvalue weighted by atomic mass is 28.4. The van der Waals surface area contributed by atoms with E-state index in [0.717, 1.165) is 0 Å². The number of hydrogen-bond acceptors (Lipinski definition) is 2. The van der Waals surface area contributed by atoms with E-state index >= 15 is 0 Å². The van der Waals surface area contributed by atoms with E-state index in [1.807, 2.05) is 26.6 Å². The summed E-state index contributed by atoms with van der Waals surface area (Å²) in [5.41, 5.74) is 0.687. The van der Waals surface area contributed by atoms with Crippen LogP contribution in [0, 0.1) is 0 Å². The summed E-state index contributed by atoms with van der Waals surface area (Å²) in [7, 11) is -1.69. The maximum atomic E-state index is 11.1. The molecular weight excluding hydrogens is 156 g/mol. The maximum absolute atomic E-state index is 11.1. The Labute approximate surface area is 69.4 Å².